The summed E-state index contributed by atoms with van der Waals surface area (Å²) in [7, 11) is 0. The van der Waals surface area contributed by atoms with E-state index in [-0.39, 0.29) is 18.2 Å². The predicted octanol–water partition coefficient (Wildman–Crippen LogP) is 1.27. The number of esters is 1. The molecule has 0 saturated heterocycles. The van der Waals surface area contributed by atoms with Crippen LogP contribution >= 0.6 is 0 Å². The zero-order valence-corrected chi connectivity index (χ0v) is 10.2. The highest BCUT2D eigenvalue weighted by Gasteiger charge is 2.24. The maximum Gasteiger partial charge on any atom is 0.309 e. The van der Waals surface area contributed by atoms with Crippen molar-refractivity contribution in [3.8, 4) is 0 Å². The average Bonchev–Trinajstić information content (AvgIpc) is 2.00. The van der Waals surface area contributed by atoms with Gasteiger partial charge < -0.3 is 10.5 Å². The number of Topliss-reactive ketones (excluding diaryl/α,β-unsaturated/α-hetero) is 1. The highest BCUT2D eigenvalue weighted by atomic mass is 16.6. The van der Waals surface area contributed by atoms with Crippen molar-refractivity contribution in [2.45, 2.75) is 52.7 Å². The molecule has 88 valence electrons. The van der Waals surface area contributed by atoms with E-state index in [1.165, 1.54) is 0 Å². The van der Waals surface area contributed by atoms with Crippen molar-refractivity contribution >= 4 is 11.8 Å². The molecule has 0 radical (unpaired) electrons. The molecular formula is C11H21NO3. The minimum absolute atomic E-state index is 0.117. The molecule has 0 aromatic heterocycles. The molecule has 0 aromatic rings. The minimum Gasteiger partial charge on any atom is -0.460 e. The van der Waals surface area contributed by atoms with Crippen LogP contribution in [-0.4, -0.2) is 23.4 Å². The number of carbonyl (C=O) groups excluding carboxylic acids is 2. The van der Waals surface area contributed by atoms with Crippen molar-refractivity contribution < 1.29 is 14.3 Å². The van der Waals surface area contributed by atoms with Crippen LogP contribution in [0.1, 0.15) is 41.0 Å². The van der Waals surface area contributed by atoms with Gasteiger partial charge in [0.05, 0.1) is 12.0 Å². The van der Waals surface area contributed by atoms with Crippen LogP contribution in [-0.2, 0) is 14.3 Å². The Kier molecular flexibility index (Phi) is 4.94. The molecule has 0 spiro atoms. The lowest BCUT2D eigenvalue weighted by atomic mass is 10.0. The second-order valence-corrected chi connectivity index (χ2v) is 4.89. The van der Waals surface area contributed by atoms with Crippen molar-refractivity contribution in [2.24, 2.45) is 11.7 Å². The molecule has 0 amide bonds. The van der Waals surface area contributed by atoms with Gasteiger partial charge in [-0.05, 0) is 27.7 Å². The summed E-state index contributed by atoms with van der Waals surface area (Å²) in [6, 6.07) is -0.519. The Balaban J connectivity index is 4.17. The Morgan fingerprint density at radius 2 is 1.73 bits per heavy atom. The van der Waals surface area contributed by atoms with Gasteiger partial charge >= 0.3 is 5.97 Å². The molecule has 0 saturated carbocycles. The molecule has 0 fully saturated rings. The molecule has 4 nitrogen and oxygen atoms in total. The predicted molar refractivity (Wildman–Crippen MR) is 58.3 cm³/mol. The van der Waals surface area contributed by atoms with Gasteiger partial charge in [-0.2, -0.15) is 0 Å². The van der Waals surface area contributed by atoms with Gasteiger partial charge in [0.1, 0.15) is 11.4 Å². The zero-order chi connectivity index (χ0) is 12.2. The maximum absolute atomic E-state index is 11.5. The fourth-order valence-electron chi connectivity index (χ4n) is 0.973. The van der Waals surface area contributed by atoms with Gasteiger partial charge in [-0.3, -0.25) is 9.59 Å². The first-order valence-corrected chi connectivity index (χ1v) is 5.14. The van der Waals surface area contributed by atoms with Gasteiger partial charge in [0, 0.05) is 6.42 Å². The molecule has 4 heteroatoms. The lowest BCUT2D eigenvalue weighted by Gasteiger charge is -2.22. The minimum atomic E-state index is -0.519. The first kappa shape index (κ1) is 14.1. The Morgan fingerprint density at radius 1 is 1.27 bits per heavy atom. The summed E-state index contributed by atoms with van der Waals surface area (Å²) >= 11 is 0. The molecule has 0 aliphatic carbocycles. The normalized spacial score (nSPS) is 15.6. The Hall–Kier alpha value is -0.900. The van der Waals surface area contributed by atoms with Crippen LogP contribution in [0.15, 0.2) is 0 Å². The Bertz CT molecular complexity index is 241. The molecule has 15 heavy (non-hydrogen) atoms. The van der Waals surface area contributed by atoms with Crippen molar-refractivity contribution in [3.05, 3.63) is 0 Å². The number of hydrogen-bond donors (Lipinski definition) is 1. The van der Waals surface area contributed by atoms with E-state index in [4.69, 9.17) is 10.5 Å². The van der Waals surface area contributed by atoms with E-state index in [1.807, 2.05) is 0 Å². The molecule has 2 N–H and O–H groups in total. The smallest absolute Gasteiger partial charge is 0.309 e. The standard InChI is InChI=1S/C11H21NO3/c1-7(6-9(13)8(2)12)10(14)15-11(3,4)5/h7-8H,6,12H2,1-5H3/t7-,8-/m1/s1. The van der Waals surface area contributed by atoms with Crippen molar-refractivity contribution in [3.63, 3.8) is 0 Å². The quantitative estimate of drug-likeness (QED) is 0.717. The van der Waals surface area contributed by atoms with Crippen LogP contribution in [0.4, 0.5) is 0 Å². The van der Waals surface area contributed by atoms with Crippen LogP contribution in [0.25, 0.3) is 0 Å². The lowest BCUT2D eigenvalue weighted by Crippen LogP contribution is -2.32. The third-order valence-electron chi connectivity index (χ3n) is 1.82. The molecule has 0 heterocycles. The van der Waals surface area contributed by atoms with E-state index in [1.54, 1.807) is 34.6 Å². The lowest BCUT2D eigenvalue weighted by molar-refractivity contribution is -0.160. The highest BCUT2D eigenvalue weighted by Crippen LogP contribution is 2.13. The van der Waals surface area contributed by atoms with Crippen LogP contribution in [0.2, 0.25) is 0 Å². The summed E-state index contributed by atoms with van der Waals surface area (Å²) < 4.78 is 5.15. The number of rotatable bonds is 4. The fourth-order valence-corrected chi connectivity index (χ4v) is 0.973. The SMILES string of the molecule is C[C@H](CC(=O)[C@@H](C)N)C(=O)OC(C)(C)C. The molecule has 2 atom stereocenters. The second kappa shape index (κ2) is 5.26. The van der Waals surface area contributed by atoms with Crippen molar-refractivity contribution in [1.29, 1.82) is 0 Å². The highest BCUT2D eigenvalue weighted by molar-refractivity contribution is 5.87. The molecule has 0 rings (SSSR count). The van der Waals surface area contributed by atoms with Gasteiger partial charge in [-0.15, -0.1) is 0 Å². The van der Waals surface area contributed by atoms with Gasteiger partial charge in [0.2, 0.25) is 0 Å². The van der Waals surface area contributed by atoms with Gasteiger partial charge in [-0.1, -0.05) is 6.92 Å². The summed E-state index contributed by atoms with van der Waals surface area (Å²) in [6.07, 6.45) is 0.145. The summed E-state index contributed by atoms with van der Waals surface area (Å²) in [5.41, 5.74) is 4.90. The number of ketones is 1. The van der Waals surface area contributed by atoms with E-state index >= 15 is 0 Å². The monoisotopic (exact) mass is 215 g/mol. The molecule has 0 unspecified atom stereocenters. The maximum atomic E-state index is 11.5. The molecule has 0 aliphatic heterocycles. The zero-order valence-electron chi connectivity index (χ0n) is 10.2. The molecular weight excluding hydrogens is 194 g/mol. The fraction of sp³-hybridized carbons (Fsp3) is 0.818. The van der Waals surface area contributed by atoms with Crippen LogP contribution in [0, 0.1) is 5.92 Å². The summed E-state index contributed by atoms with van der Waals surface area (Å²) in [5, 5.41) is 0. The van der Waals surface area contributed by atoms with E-state index in [0.29, 0.717) is 0 Å². The number of ether oxygens (including phenoxy) is 1. The summed E-state index contributed by atoms with van der Waals surface area (Å²) in [5.74, 6) is -0.896. The summed E-state index contributed by atoms with van der Waals surface area (Å²) in [4.78, 5) is 22.8. The van der Waals surface area contributed by atoms with E-state index < -0.39 is 17.6 Å². The van der Waals surface area contributed by atoms with Gasteiger partial charge in [0.25, 0.3) is 0 Å². The molecule has 0 aliphatic rings. The topological polar surface area (TPSA) is 69.4 Å². The van der Waals surface area contributed by atoms with Crippen molar-refractivity contribution in [2.75, 3.05) is 0 Å². The van der Waals surface area contributed by atoms with Gasteiger partial charge in [0.15, 0.2) is 0 Å². The van der Waals surface area contributed by atoms with Crippen LogP contribution < -0.4 is 5.73 Å². The first-order valence-electron chi connectivity index (χ1n) is 5.14. The number of nitrogens with two attached hydrogens (primary N) is 1. The summed E-state index contributed by atoms with van der Waals surface area (Å²) in [6.45, 7) is 8.68. The molecule has 0 bridgehead atoms. The Labute approximate surface area is 91.2 Å². The van der Waals surface area contributed by atoms with E-state index in [9.17, 15) is 9.59 Å². The van der Waals surface area contributed by atoms with Gasteiger partial charge in [-0.25, -0.2) is 0 Å². The molecule has 0 aromatic carbocycles. The van der Waals surface area contributed by atoms with Crippen molar-refractivity contribution in [1.82, 2.24) is 0 Å². The third-order valence-corrected chi connectivity index (χ3v) is 1.82. The number of carbonyl (C=O) groups is 2. The van der Waals surface area contributed by atoms with E-state index in [0.717, 1.165) is 0 Å². The largest absolute Gasteiger partial charge is 0.460 e. The van der Waals surface area contributed by atoms with E-state index in [2.05, 4.69) is 0 Å². The van der Waals surface area contributed by atoms with Crippen LogP contribution in [0.5, 0.6) is 0 Å². The Morgan fingerprint density at radius 3 is 2.07 bits per heavy atom. The van der Waals surface area contributed by atoms with Crippen LogP contribution in [0.3, 0.4) is 0 Å². The second-order valence-electron chi connectivity index (χ2n) is 4.89. The first-order chi connectivity index (χ1) is 6.63. The number of hydrogen-bond acceptors (Lipinski definition) is 4. The average molecular weight is 215 g/mol. The third kappa shape index (κ3) is 6.23.